The van der Waals surface area contributed by atoms with Gasteiger partial charge in [0.05, 0.1) is 14.2 Å². The van der Waals surface area contributed by atoms with Crippen LogP contribution in [0.15, 0.2) is 36.4 Å². The summed E-state index contributed by atoms with van der Waals surface area (Å²) >= 11 is 0. The summed E-state index contributed by atoms with van der Waals surface area (Å²) in [6.45, 7) is 0. The van der Waals surface area contributed by atoms with Crippen LogP contribution in [0.3, 0.4) is 0 Å². The topological polar surface area (TPSA) is 81.7 Å². The Bertz CT molecular complexity index is 508. The minimum atomic E-state index is -1.45. The van der Waals surface area contributed by atoms with Crippen molar-refractivity contribution in [3.63, 3.8) is 0 Å². The highest BCUT2D eigenvalue weighted by Crippen LogP contribution is 2.02. The summed E-state index contributed by atoms with van der Waals surface area (Å²) in [5, 5.41) is 2.27. The fourth-order valence-electron chi connectivity index (χ4n) is 1.54. The second-order valence-corrected chi connectivity index (χ2v) is 4.06. The summed E-state index contributed by atoms with van der Waals surface area (Å²) in [6.07, 6.45) is 3.43. The lowest BCUT2D eigenvalue weighted by atomic mass is 10.2. The summed E-state index contributed by atoms with van der Waals surface area (Å²) in [6, 6.07) is 7.98. The van der Waals surface area contributed by atoms with E-state index in [2.05, 4.69) is 14.8 Å². The second-order valence-electron chi connectivity index (χ2n) is 4.06. The van der Waals surface area contributed by atoms with Crippen LogP contribution in [0.5, 0.6) is 0 Å². The van der Waals surface area contributed by atoms with Gasteiger partial charge < -0.3 is 14.8 Å². The van der Waals surface area contributed by atoms with Gasteiger partial charge in [-0.2, -0.15) is 0 Å². The van der Waals surface area contributed by atoms with Crippen LogP contribution in [0, 0.1) is 0 Å². The van der Waals surface area contributed by atoms with Gasteiger partial charge in [-0.15, -0.1) is 0 Å². The molecule has 1 aromatic carbocycles. The third-order valence-electron chi connectivity index (χ3n) is 2.59. The van der Waals surface area contributed by atoms with E-state index in [-0.39, 0.29) is 6.42 Å². The lowest BCUT2D eigenvalue weighted by Gasteiger charge is -2.13. The van der Waals surface area contributed by atoms with Crippen LogP contribution in [0.1, 0.15) is 12.0 Å². The molecular weight excluding hydrogens is 274 g/mol. The smallest absolute Gasteiger partial charge is 0.340 e. The van der Waals surface area contributed by atoms with Crippen molar-refractivity contribution in [2.24, 2.45) is 0 Å². The van der Waals surface area contributed by atoms with Crippen LogP contribution in [0.2, 0.25) is 0 Å². The zero-order chi connectivity index (χ0) is 15.7. The molecule has 1 N–H and O–H groups in total. The molecule has 0 aliphatic carbocycles. The summed E-state index contributed by atoms with van der Waals surface area (Å²) < 4.78 is 8.87. The Balaban J connectivity index is 2.56. The van der Waals surface area contributed by atoms with Crippen molar-refractivity contribution in [3.8, 4) is 0 Å². The van der Waals surface area contributed by atoms with E-state index in [0.717, 1.165) is 19.8 Å². The van der Waals surface area contributed by atoms with Crippen LogP contribution in [-0.4, -0.2) is 38.1 Å². The lowest BCUT2D eigenvalue weighted by molar-refractivity contribution is -0.156. The second kappa shape index (κ2) is 8.52. The average molecular weight is 291 g/mol. The van der Waals surface area contributed by atoms with Crippen LogP contribution < -0.4 is 5.32 Å². The molecule has 0 fully saturated rings. The first kappa shape index (κ1) is 16.4. The Kier molecular flexibility index (Phi) is 6.67. The Labute approximate surface area is 122 Å². The Morgan fingerprint density at radius 2 is 1.67 bits per heavy atom. The minimum absolute atomic E-state index is 0.0272. The fourth-order valence-corrected chi connectivity index (χ4v) is 1.54. The van der Waals surface area contributed by atoms with Crippen molar-refractivity contribution in [2.75, 3.05) is 14.2 Å². The Morgan fingerprint density at radius 3 is 2.19 bits per heavy atom. The molecule has 1 aromatic rings. The monoisotopic (exact) mass is 291 g/mol. The summed E-state index contributed by atoms with van der Waals surface area (Å²) in [7, 11) is 2.25. The zero-order valence-electron chi connectivity index (χ0n) is 11.9. The van der Waals surface area contributed by atoms with E-state index in [0.29, 0.717) is 0 Å². The minimum Gasteiger partial charge on any atom is -0.467 e. The Morgan fingerprint density at radius 1 is 1.10 bits per heavy atom. The van der Waals surface area contributed by atoms with Gasteiger partial charge in [0.25, 0.3) is 0 Å². The molecule has 6 nitrogen and oxygen atoms in total. The van der Waals surface area contributed by atoms with Gasteiger partial charge in [-0.25, -0.2) is 9.59 Å². The van der Waals surface area contributed by atoms with Gasteiger partial charge in [0.2, 0.25) is 11.9 Å². The van der Waals surface area contributed by atoms with Crippen molar-refractivity contribution in [2.45, 2.75) is 12.5 Å². The molecule has 112 valence electrons. The van der Waals surface area contributed by atoms with Crippen LogP contribution >= 0.6 is 0 Å². The van der Waals surface area contributed by atoms with Gasteiger partial charge in [-0.3, -0.25) is 4.79 Å². The normalized spacial score (nSPS) is 10.4. The SMILES string of the molecule is COC(=O)C(NC(=O)C/C=C/c1ccccc1)C(=O)OC. The molecule has 0 aromatic heterocycles. The van der Waals surface area contributed by atoms with Gasteiger partial charge in [0.15, 0.2) is 0 Å². The fraction of sp³-hybridized carbons (Fsp3) is 0.267. The first-order valence-corrected chi connectivity index (χ1v) is 6.25. The third-order valence-corrected chi connectivity index (χ3v) is 2.59. The quantitative estimate of drug-likeness (QED) is 0.622. The molecule has 0 unspecified atom stereocenters. The maximum Gasteiger partial charge on any atom is 0.340 e. The molecular formula is C15H17NO5. The molecule has 0 spiro atoms. The van der Waals surface area contributed by atoms with E-state index in [9.17, 15) is 14.4 Å². The number of nitrogens with one attached hydrogen (secondary N) is 1. The van der Waals surface area contributed by atoms with Crippen molar-refractivity contribution >= 4 is 23.9 Å². The number of amides is 1. The van der Waals surface area contributed by atoms with Crippen molar-refractivity contribution in [1.82, 2.24) is 5.32 Å². The first-order valence-electron chi connectivity index (χ1n) is 6.25. The summed E-state index contributed by atoms with van der Waals surface area (Å²) in [5.74, 6) is -2.23. The van der Waals surface area contributed by atoms with Crippen LogP contribution in [0.4, 0.5) is 0 Å². The number of hydrogen-bond donors (Lipinski definition) is 1. The molecule has 6 heteroatoms. The van der Waals surface area contributed by atoms with E-state index < -0.39 is 23.9 Å². The number of methoxy groups -OCH3 is 2. The van der Waals surface area contributed by atoms with E-state index in [4.69, 9.17) is 0 Å². The highest BCUT2D eigenvalue weighted by molar-refractivity contribution is 6.02. The van der Waals surface area contributed by atoms with Crippen molar-refractivity contribution < 1.29 is 23.9 Å². The summed E-state index contributed by atoms with van der Waals surface area (Å²) in [4.78, 5) is 34.5. The predicted octanol–water partition coefficient (Wildman–Crippen LogP) is 0.921. The highest BCUT2D eigenvalue weighted by Gasteiger charge is 2.29. The standard InChI is InChI=1S/C15H17NO5/c1-20-14(18)13(15(19)21-2)16-12(17)10-6-9-11-7-4-3-5-8-11/h3-9,13H,10H2,1-2H3,(H,16,17)/b9-6+. The predicted molar refractivity (Wildman–Crippen MR) is 76.1 cm³/mol. The van der Waals surface area contributed by atoms with Crippen LogP contribution in [0.25, 0.3) is 6.08 Å². The Hall–Kier alpha value is -2.63. The molecule has 0 heterocycles. The molecule has 1 amide bonds. The first-order chi connectivity index (χ1) is 10.1. The number of ether oxygens (including phenoxy) is 2. The number of esters is 2. The van der Waals surface area contributed by atoms with Gasteiger partial charge in [0.1, 0.15) is 0 Å². The van der Waals surface area contributed by atoms with Gasteiger partial charge in [-0.05, 0) is 5.56 Å². The summed E-state index contributed by atoms with van der Waals surface area (Å²) in [5.41, 5.74) is 0.947. The number of rotatable bonds is 6. The molecule has 0 bridgehead atoms. The lowest BCUT2D eigenvalue weighted by Crippen LogP contribution is -2.47. The van der Waals surface area contributed by atoms with Crippen LogP contribution in [-0.2, 0) is 23.9 Å². The van der Waals surface area contributed by atoms with E-state index in [1.807, 2.05) is 30.3 Å². The molecule has 0 saturated heterocycles. The van der Waals surface area contributed by atoms with Gasteiger partial charge in [0, 0.05) is 6.42 Å². The molecule has 0 saturated carbocycles. The molecule has 0 radical (unpaired) electrons. The number of carbonyl (C=O) groups excluding carboxylic acids is 3. The average Bonchev–Trinajstić information content (AvgIpc) is 2.52. The molecule has 0 aliphatic rings. The number of hydrogen-bond acceptors (Lipinski definition) is 5. The van der Waals surface area contributed by atoms with E-state index >= 15 is 0 Å². The molecule has 1 rings (SSSR count). The zero-order valence-corrected chi connectivity index (χ0v) is 11.9. The maximum atomic E-state index is 11.7. The van der Waals surface area contributed by atoms with E-state index in [1.54, 1.807) is 12.2 Å². The van der Waals surface area contributed by atoms with Crippen molar-refractivity contribution in [3.05, 3.63) is 42.0 Å². The highest BCUT2D eigenvalue weighted by atomic mass is 16.5. The third kappa shape index (κ3) is 5.48. The molecule has 0 atom stereocenters. The number of carbonyl (C=O) groups is 3. The number of benzene rings is 1. The van der Waals surface area contributed by atoms with Crippen molar-refractivity contribution in [1.29, 1.82) is 0 Å². The molecule has 0 aliphatic heterocycles. The van der Waals surface area contributed by atoms with Gasteiger partial charge >= 0.3 is 11.9 Å². The maximum absolute atomic E-state index is 11.7. The largest absolute Gasteiger partial charge is 0.467 e. The van der Waals surface area contributed by atoms with E-state index in [1.165, 1.54) is 0 Å². The van der Waals surface area contributed by atoms with Gasteiger partial charge in [-0.1, -0.05) is 42.5 Å². The molecule has 21 heavy (non-hydrogen) atoms.